The topological polar surface area (TPSA) is 39.3 Å². The van der Waals surface area contributed by atoms with Crippen LogP contribution >= 0.6 is 0 Å². The Hall–Kier alpha value is -1.81. The second kappa shape index (κ2) is 4.10. The molecule has 4 nitrogen and oxygen atoms in total. The van der Waals surface area contributed by atoms with E-state index in [4.69, 9.17) is 0 Å². The van der Waals surface area contributed by atoms with Gasteiger partial charge in [0.25, 0.3) is 0 Å². The van der Waals surface area contributed by atoms with Crippen LogP contribution in [0.4, 0.5) is 0 Å². The number of para-hydroxylation sites is 1. The van der Waals surface area contributed by atoms with Gasteiger partial charge in [0, 0.05) is 48.8 Å². The van der Waals surface area contributed by atoms with E-state index in [9.17, 15) is 4.79 Å². The number of amides is 1. The number of carbonyl (C=O) groups excluding carboxylic acids is 1. The minimum atomic E-state index is 0.477. The summed E-state index contributed by atoms with van der Waals surface area (Å²) in [6, 6.07) is 8.99. The maximum Gasteiger partial charge on any atom is 0.209 e. The van der Waals surface area contributed by atoms with Gasteiger partial charge in [0.15, 0.2) is 0 Å². The Morgan fingerprint density at radius 2 is 2.16 bits per heavy atom. The van der Waals surface area contributed by atoms with Crippen LogP contribution in [0.1, 0.15) is 11.3 Å². The average molecular weight is 255 g/mol. The summed E-state index contributed by atoms with van der Waals surface area (Å²) in [5, 5.41) is 1.35. The Morgan fingerprint density at radius 1 is 1.26 bits per heavy atom. The van der Waals surface area contributed by atoms with Crippen molar-refractivity contribution >= 4 is 17.3 Å². The average Bonchev–Trinajstić information content (AvgIpc) is 2.82. The number of carbonyl (C=O) groups is 1. The van der Waals surface area contributed by atoms with Crippen molar-refractivity contribution in [1.82, 2.24) is 14.8 Å². The Morgan fingerprint density at radius 3 is 3.05 bits per heavy atom. The van der Waals surface area contributed by atoms with Gasteiger partial charge in [-0.1, -0.05) is 18.2 Å². The molecule has 19 heavy (non-hydrogen) atoms. The van der Waals surface area contributed by atoms with Crippen LogP contribution < -0.4 is 0 Å². The number of rotatable bonds is 1. The fourth-order valence-electron chi connectivity index (χ4n) is 3.48. The zero-order valence-electron chi connectivity index (χ0n) is 10.8. The predicted octanol–water partition coefficient (Wildman–Crippen LogP) is 1.37. The third-order valence-electron chi connectivity index (χ3n) is 4.49. The summed E-state index contributed by atoms with van der Waals surface area (Å²) >= 11 is 0. The van der Waals surface area contributed by atoms with E-state index in [2.05, 4.69) is 34.1 Å². The second-order valence-corrected chi connectivity index (χ2v) is 5.56. The monoisotopic (exact) mass is 255 g/mol. The van der Waals surface area contributed by atoms with Crippen molar-refractivity contribution in [2.75, 3.05) is 19.6 Å². The van der Waals surface area contributed by atoms with Crippen LogP contribution in [0.25, 0.3) is 10.9 Å². The lowest BCUT2D eigenvalue weighted by Gasteiger charge is -2.42. The minimum absolute atomic E-state index is 0.477. The number of aromatic amines is 1. The maximum atomic E-state index is 10.9. The third-order valence-corrected chi connectivity index (χ3v) is 4.49. The van der Waals surface area contributed by atoms with Gasteiger partial charge >= 0.3 is 0 Å². The van der Waals surface area contributed by atoms with Crippen LogP contribution in [-0.2, 0) is 17.8 Å². The first-order valence-corrected chi connectivity index (χ1v) is 6.87. The first-order valence-electron chi connectivity index (χ1n) is 6.87. The number of aromatic nitrogens is 1. The highest BCUT2D eigenvalue weighted by molar-refractivity contribution is 5.84. The molecule has 2 aliphatic rings. The molecular weight excluding hydrogens is 238 g/mol. The normalized spacial score (nSPS) is 23.2. The molecule has 0 spiro atoms. The zero-order chi connectivity index (χ0) is 12.8. The fourth-order valence-corrected chi connectivity index (χ4v) is 3.48. The molecule has 4 rings (SSSR count). The van der Waals surface area contributed by atoms with Crippen LogP contribution in [0, 0.1) is 0 Å². The number of H-pyrrole nitrogens is 1. The van der Waals surface area contributed by atoms with Crippen LogP contribution in [0.15, 0.2) is 24.3 Å². The van der Waals surface area contributed by atoms with E-state index in [0.29, 0.717) is 6.04 Å². The molecule has 1 atom stereocenters. The lowest BCUT2D eigenvalue weighted by molar-refractivity contribution is -0.121. The van der Waals surface area contributed by atoms with E-state index in [1.165, 1.54) is 22.2 Å². The quantitative estimate of drug-likeness (QED) is 0.782. The van der Waals surface area contributed by atoms with Gasteiger partial charge in [-0.25, -0.2) is 0 Å². The number of nitrogens with one attached hydrogen (secondary N) is 1. The van der Waals surface area contributed by atoms with Crippen molar-refractivity contribution in [3.63, 3.8) is 0 Å². The highest BCUT2D eigenvalue weighted by atomic mass is 16.1. The summed E-state index contributed by atoms with van der Waals surface area (Å²) in [5.74, 6) is 0. The van der Waals surface area contributed by atoms with Crippen molar-refractivity contribution in [2.24, 2.45) is 0 Å². The molecule has 1 unspecified atom stereocenters. The second-order valence-electron chi connectivity index (χ2n) is 5.56. The lowest BCUT2D eigenvalue weighted by atomic mass is 9.95. The summed E-state index contributed by atoms with van der Waals surface area (Å²) in [6.45, 7) is 3.69. The summed E-state index contributed by atoms with van der Waals surface area (Å²) in [5.41, 5.74) is 4.04. The molecule has 98 valence electrons. The molecule has 2 aromatic rings. The van der Waals surface area contributed by atoms with Gasteiger partial charge in [-0.3, -0.25) is 9.69 Å². The summed E-state index contributed by atoms with van der Waals surface area (Å²) < 4.78 is 0. The lowest BCUT2D eigenvalue weighted by Crippen LogP contribution is -2.54. The highest BCUT2D eigenvalue weighted by Gasteiger charge is 2.32. The number of nitrogens with zero attached hydrogens (tertiary/aromatic N) is 2. The van der Waals surface area contributed by atoms with Crippen LogP contribution in [-0.4, -0.2) is 46.9 Å². The number of fused-ring (bicyclic) bond motifs is 4. The highest BCUT2D eigenvalue weighted by Crippen LogP contribution is 2.31. The smallest absolute Gasteiger partial charge is 0.209 e. The van der Waals surface area contributed by atoms with Gasteiger partial charge in [0.1, 0.15) is 0 Å². The minimum Gasteiger partial charge on any atom is -0.357 e. The van der Waals surface area contributed by atoms with Gasteiger partial charge in [-0.2, -0.15) is 0 Å². The maximum absolute atomic E-state index is 10.9. The van der Waals surface area contributed by atoms with Gasteiger partial charge < -0.3 is 9.88 Å². The van der Waals surface area contributed by atoms with E-state index < -0.39 is 0 Å². The van der Waals surface area contributed by atoms with E-state index in [0.717, 1.165) is 39.0 Å². The molecule has 0 aliphatic carbocycles. The molecular formula is C15H17N3O. The first-order chi connectivity index (χ1) is 9.35. The molecule has 0 bridgehead atoms. The number of benzene rings is 1. The Kier molecular flexibility index (Phi) is 2.38. The summed E-state index contributed by atoms with van der Waals surface area (Å²) in [4.78, 5) is 18.9. The van der Waals surface area contributed by atoms with Gasteiger partial charge in [-0.05, 0) is 18.1 Å². The molecule has 1 amide bonds. The largest absolute Gasteiger partial charge is 0.357 e. The van der Waals surface area contributed by atoms with Crippen molar-refractivity contribution in [3.05, 3.63) is 35.5 Å². The molecule has 0 saturated carbocycles. The molecule has 4 heteroatoms. The van der Waals surface area contributed by atoms with Gasteiger partial charge in [0.2, 0.25) is 6.41 Å². The van der Waals surface area contributed by atoms with Gasteiger partial charge in [0.05, 0.1) is 0 Å². The molecule has 3 heterocycles. The number of piperazine rings is 1. The van der Waals surface area contributed by atoms with E-state index in [-0.39, 0.29) is 0 Å². The van der Waals surface area contributed by atoms with Crippen molar-refractivity contribution in [3.8, 4) is 0 Å². The van der Waals surface area contributed by atoms with E-state index in [1.54, 1.807) is 0 Å². The Labute approximate surface area is 112 Å². The molecule has 1 N–H and O–H groups in total. The molecule has 1 saturated heterocycles. The molecule has 2 aliphatic heterocycles. The van der Waals surface area contributed by atoms with E-state index in [1.807, 2.05) is 4.90 Å². The number of hydrogen-bond acceptors (Lipinski definition) is 2. The van der Waals surface area contributed by atoms with E-state index >= 15 is 0 Å². The predicted molar refractivity (Wildman–Crippen MR) is 73.8 cm³/mol. The van der Waals surface area contributed by atoms with Crippen LogP contribution in [0.3, 0.4) is 0 Å². The first kappa shape index (κ1) is 11.1. The fraction of sp³-hybridized carbons (Fsp3) is 0.400. The molecule has 1 aromatic heterocycles. The zero-order valence-corrected chi connectivity index (χ0v) is 10.8. The van der Waals surface area contributed by atoms with Crippen molar-refractivity contribution < 1.29 is 4.79 Å². The molecule has 0 radical (unpaired) electrons. The number of hydrogen-bond donors (Lipinski definition) is 1. The van der Waals surface area contributed by atoms with Crippen molar-refractivity contribution in [1.29, 1.82) is 0 Å². The standard InChI is InChI=1S/C15H17N3O/c19-10-17-5-6-18-9-15-13(7-11(18)8-17)12-3-1-2-4-14(12)16-15/h1-4,10-11,16H,5-9H2. The summed E-state index contributed by atoms with van der Waals surface area (Å²) in [7, 11) is 0. The molecule has 1 fully saturated rings. The SMILES string of the molecule is O=CN1CCN2Cc3[nH]c4ccccc4c3CC2C1. The molecule has 1 aromatic carbocycles. The van der Waals surface area contributed by atoms with Gasteiger partial charge in [-0.15, -0.1) is 0 Å². The summed E-state index contributed by atoms with van der Waals surface area (Å²) in [6.07, 6.45) is 2.03. The Bertz CT molecular complexity index is 633. The third kappa shape index (κ3) is 1.67. The van der Waals surface area contributed by atoms with Crippen LogP contribution in [0.5, 0.6) is 0 Å². The van der Waals surface area contributed by atoms with Crippen molar-refractivity contribution in [2.45, 2.75) is 19.0 Å². The Balaban J connectivity index is 1.73. The van der Waals surface area contributed by atoms with Crippen LogP contribution in [0.2, 0.25) is 0 Å².